The van der Waals surface area contributed by atoms with Crippen LogP contribution in [0.2, 0.25) is 0 Å². The first-order valence-electron chi connectivity index (χ1n) is 9.79. The van der Waals surface area contributed by atoms with Gasteiger partial charge in [0.1, 0.15) is 17.9 Å². The molecule has 160 valence electrons. The highest BCUT2D eigenvalue weighted by Crippen LogP contribution is 2.33. The van der Waals surface area contributed by atoms with Crippen molar-refractivity contribution in [2.75, 3.05) is 26.1 Å². The summed E-state index contributed by atoms with van der Waals surface area (Å²) < 4.78 is 15.6. The van der Waals surface area contributed by atoms with Gasteiger partial charge in [-0.05, 0) is 49.4 Å². The number of benzene rings is 2. The van der Waals surface area contributed by atoms with Gasteiger partial charge in [0.15, 0.2) is 0 Å². The number of carbonyl (C=O) groups is 2. The molecule has 0 saturated carbocycles. The molecule has 3 aromatic rings. The van der Waals surface area contributed by atoms with Crippen molar-refractivity contribution in [2.24, 2.45) is 0 Å². The predicted octanol–water partition coefficient (Wildman–Crippen LogP) is 4.32. The molecule has 1 heterocycles. The molecule has 7 heteroatoms. The van der Waals surface area contributed by atoms with Crippen molar-refractivity contribution in [1.29, 1.82) is 0 Å². The lowest BCUT2D eigenvalue weighted by molar-refractivity contribution is -0.145. The van der Waals surface area contributed by atoms with E-state index < -0.39 is 11.9 Å². The van der Waals surface area contributed by atoms with Crippen molar-refractivity contribution in [3.63, 3.8) is 0 Å². The second kappa shape index (κ2) is 10.2. The minimum absolute atomic E-state index is 0.238. The second-order valence-corrected chi connectivity index (χ2v) is 6.59. The monoisotopic (exact) mass is 420 g/mol. The van der Waals surface area contributed by atoms with Gasteiger partial charge in [-0.1, -0.05) is 18.2 Å². The number of nitrogens with one attached hydrogen (secondary N) is 1. The average Bonchev–Trinajstić information content (AvgIpc) is 2.79. The van der Waals surface area contributed by atoms with Gasteiger partial charge < -0.3 is 19.5 Å². The summed E-state index contributed by atoms with van der Waals surface area (Å²) in [6.07, 6.45) is -0.332. The van der Waals surface area contributed by atoms with Crippen LogP contribution < -0.4 is 14.8 Å². The van der Waals surface area contributed by atoms with Gasteiger partial charge in [-0.15, -0.1) is 0 Å². The maximum atomic E-state index is 12.1. The Hall–Kier alpha value is -3.87. The Morgan fingerprint density at radius 2 is 1.71 bits per heavy atom. The lowest BCUT2D eigenvalue weighted by atomic mass is 10.1. The van der Waals surface area contributed by atoms with Crippen molar-refractivity contribution in [1.82, 2.24) is 4.98 Å². The van der Waals surface area contributed by atoms with Gasteiger partial charge in [-0.2, -0.15) is 0 Å². The number of methoxy groups -OCH3 is 2. The molecule has 0 fully saturated rings. The number of amides is 1. The van der Waals surface area contributed by atoms with Gasteiger partial charge in [0, 0.05) is 16.8 Å². The van der Waals surface area contributed by atoms with Gasteiger partial charge in [-0.25, -0.2) is 4.98 Å². The van der Waals surface area contributed by atoms with Gasteiger partial charge in [0.2, 0.25) is 5.91 Å². The van der Waals surface area contributed by atoms with Crippen LogP contribution in [0.15, 0.2) is 60.7 Å². The average molecular weight is 420 g/mol. The minimum atomic E-state index is -0.558. The third kappa shape index (κ3) is 5.60. The Balaban J connectivity index is 1.86. The normalized spacial score (nSPS) is 10.3. The van der Waals surface area contributed by atoms with Gasteiger partial charge in [0.25, 0.3) is 0 Å². The molecule has 7 nitrogen and oxygen atoms in total. The Bertz CT molecular complexity index is 1080. The fourth-order valence-corrected chi connectivity index (χ4v) is 3.06. The fraction of sp³-hybridized carbons (Fsp3) is 0.208. The standard InChI is InChI=1S/C24H24N2O5/c1-4-31-24(28)15-23(27)25-17-8-5-7-16(13-17)20-9-6-10-21(26-20)19-14-18(29-2)11-12-22(19)30-3/h5-14H,4,15H2,1-3H3,(H,25,27). The fourth-order valence-electron chi connectivity index (χ4n) is 3.06. The first-order chi connectivity index (χ1) is 15.0. The number of carbonyl (C=O) groups excluding carboxylic acids is 2. The summed E-state index contributed by atoms with van der Waals surface area (Å²) in [7, 11) is 3.22. The van der Waals surface area contributed by atoms with E-state index in [1.165, 1.54) is 0 Å². The van der Waals surface area contributed by atoms with E-state index in [4.69, 9.17) is 19.2 Å². The molecule has 0 saturated heterocycles. The number of aromatic nitrogens is 1. The molecule has 0 aliphatic rings. The van der Waals surface area contributed by atoms with Crippen LogP contribution in [0.25, 0.3) is 22.5 Å². The zero-order valence-electron chi connectivity index (χ0n) is 17.7. The SMILES string of the molecule is CCOC(=O)CC(=O)Nc1cccc(-c2cccc(-c3cc(OC)ccc3OC)n2)c1. The van der Waals surface area contributed by atoms with Crippen molar-refractivity contribution < 1.29 is 23.8 Å². The van der Waals surface area contributed by atoms with Crippen LogP contribution in [-0.2, 0) is 14.3 Å². The number of pyridine rings is 1. The van der Waals surface area contributed by atoms with E-state index in [0.29, 0.717) is 17.2 Å². The largest absolute Gasteiger partial charge is 0.497 e. The second-order valence-electron chi connectivity index (χ2n) is 6.59. The summed E-state index contributed by atoms with van der Waals surface area (Å²) in [5, 5.41) is 2.72. The molecular formula is C24H24N2O5. The zero-order valence-corrected chi connectivity index (χ0v) is 17.7. The molecule has 2 aromatic carbocycles. The smallest absolute Gasteiger partial charge is 0.315 e. The van der Waals surface area contributed by atoms with Crippen LogP contribution in [0, 0.1) is 0 Å². The van der Waals surface area contributed by atoms with Crippen LogP contribution in [0.4, 0.5) is 5.69 Å². The molecule has 0 spiro atoms. The number of esters is 1. The molecule has 1 aromatic heterocycles. The van der Waals surface area contributed by atoms with E-state index in [-0.39, 0.29) is 13.0 Å². The van der Waals surface area contributed by atoms with Crippen molar-refractivity contribution in [3.05, 3.63) is 60.7 Å². The number of rotatable bonds is 8. The van der Waals surface area contributed by atoms with Crippen LogP contribution in [0.5, 0.6) is 11.5 Å². The van der Waals surface area contributed by atoms with Crippen molar-refractivity contribution in [3.8, 4) is 34.0 Å². The molecule has 3 rings (SSSR count). The summed E-state index contributed by atoms with van der Waals surface area (Å²) in [4.78, 5) is 28.3. The van der Waals surface area contributed by atoms with Crippen LogP contribution in [0.1, 0.15) is 13.3 Å². The first-order valence-corrected chi connectivity index (χ1v) is 9.79. The van der Waals surface area contributed by atoms with Crippen LogP contribution >= 0.6 is 0 Å². The summed E-state index contributed by atoms with van der Waals surface area (Å²) >= 11 is 0. The van der Waals surface area contributed by atoms with E-state index >= 15 is 0 Å². The number of nitrogens with zero attached hydrogens (tertiary/aromatic N) is 1. The maximum absolute atomic E-state index is 12.1. The molecule has 0 aliphatic heterocycles. The number of hydrogen-bond donors (Lipinski definition) is 1. The third-order valence-electron chi connectivity index (χ3n) is 4.48. The number of anilines is 1. The number of hydrogen-bond acceptors (Lipinski definition) is 6. The minimum Gasteiger partial charge on any atom is -0.497 e. The molecule has 0 bridgehead atoms. The highest BCUT2D eigenvalue weighted by molar-refractivity contribution is 6.02. The Kier molecular flexibility index (Phi) is 7.22. The highest BCUT2D eigenvalue weighted by atomic mass is 16.5. The Morgan fingerprint density at radius 1 is 0.935 bits per heavy atom. The molecule has 0 atom stereocenters. The number of ether oxygens (including phenoxy) is 3. The third-order valence-corrected chi connectivity index (χ3v) is 4.48. The van der Waals surface area contributed by atoms with Gasteiger partial charge in [0.05, 0.1) is 32.2 Å². The Morgan fingerprint density at radius 3 is 2.45 bits per heavy atom. The summed E-state index contributed by atoms with van der Waals surface area (Å²) in [6, 6.07) is 18.5. The molecule has 0 aliphatic carbocycles. The van der Waals surface area contributed by atoms with E-state index in [9.17, 15) is 9.59 Å². The van der Waals surface area contributed by atoms with Crippen LogP contribution in [0.3, 0.4) is 0 Å². The van der Waals surface area contributed by atoms with E-state index in [2.05, 4.69) is 5.32 Å². The molecule has 1 amide bonds. The Labute approximate surface area is 181 Å². The van der Waals surface area contributed by atoms with E-state index in [1.54, 1.807) is 33.3 Å². The molecule has 31 heavy (non-hydrogen) atoms. The lowest BCUT2D eigenvalue weighted by Crippen LogP contribution is -2.18. The van der Waals surface area contributed by atoms with E-state index in [1.807, 2.05) is 48.5 Å². The molecular weight excluding hydrogens is 396 g/mol. The summed E-state index contributed by atoms with van der Waals surface area (Å²) in [6.45, 7) is 1.93. The molecule has 0 unspecified atom stereocenters. The lowest BCUT2D eigenvalue weighted by Gasteiger charge is -2.12. The topological polar surface area (TPSA) is 86.8 Å². The highest BCUT2D eigenvalue weighted by Gasteiger charge is 2.13. The maximum Gasteiger partial charge on any atom is 0.315 e. The molecule has 1 N–H and O–H groups in total. The molecule has 0 radical (unpaired) electrons. The van der Waals surface area contributed by atoms with Crippen molar-refractivity contribution >= 4 is 17.6 Å². The van der Waals surface area contributed by atoms with Gasteiger partial charge in [-0.3, -0.25) is 9.59 Å². The predicted molar refractivity (Wildman–Crippen MR) is 118 cm³/mol. The van der Waals surface area contributed by atoms with Gasteiger partial charge >= 0.3 is 5.97 Å². The van der Waals surface area contributed by atoms with Crippen LogP contribution in [-0.4, -0.2) is 37.7 Å². The first kappa shape index (κ1) is 21.8. The van der Waals surface area contributed by atoms with E-state index in [0.717, 1.165) is 22.5 Å². The zero-order chi connectivity index (χ0) is 22.2. The summed E-state index contributed by atoms with van der Waals surface area (Å²) in [5.74, 6) is 0.399. The van der Waals surface area contributed by atoms with Crippen molar-refractivity contribution in [2.45, 2.75) is 13.3 Å². The quantitative estimate of drug-likeness (QED) is 0.431. The summed E-state index contributed by atoms with van der Waals surface area (Å²) in [5.41, 5.74) is 3.65.